The number of rotatable bonds is 5. The first-order valence-corrected chi connectivity index (χ1v) is 9.78. The van der Waals surface area contributed by atoms with Crippen molar-refractivity contribution in [2.24, 2.45) is 5.41 Å². The summed E-state index contributed by atoms with van der Waals surface area (Å²) in [5, 5.41) is 3.35. The average molecular weight is 372 g/mol. The van der Waals surface area contributed by atoms with E-state index in [0.29, 0.717) is 6.61 Å². The van der Waals surface area contributed by atoms with E-state index in [1.165, 1.54) is 4.88 Å². The van der Waals surface area contributed by atoms with Gasteiger partial charge in [0, 0.05) is 44.7 Å². The van der Waals surface area contributed by atoms with Gasteiger partial charge in [0.2, 0.25) is 5.91 Å². The number of halogens is 1. The highest BCUT2D eigenvalue weighted by Crippen LogP contribution is 2.32. The molecule has 3 rings (SSSR count). The lowest BCUT2D eigenvalue weighted by atomic mass is 9.78. The van der Waals surface area contributed by atoms with Gasteiger partial charge in [0.1, 0.15) is 0 Å². The number of hydrogen-bond acceptors (Lipinski definition) is 5. The topological polar surface area (TPSA) is 44.8 Å². The highest BCUT2D eigenvalue weighted by Gasteiger charge is 2.42. The van der Waals surface area contributed by atoms with Crippen LogP contribution in [0.1, 0.15) is 17.7 Å². The molecule has 5 nitrogen and oxygen atoms in total. The highest BCUT2D eigenvalue weighted by molar-refractivity contribution is 7.16. The van der Waals surface area contributed by atoms with Gasteiger partial charge in [0.05, 0.1) is 16.4 Å². The van der Waals surface area contributed by atoms with E-state index in [1.54, 1.807) is 18.4 Å². The zero-order valence-electron chi connectivity index (χ0n) is 14.2. The fraction of sp³-hybridized carbons (Fsp3) is 0.706. The number of piperazine rings is 1. The molecule has 0 aliphatic carbocycles. The molecule has 0 spiro atoms. The summed E-state index contributed by atoms with van der Waals surface area (Å²) in [6.07, 6.45) is 1.74. The quantitative estimate of drug-likeness (QED) is 0.860. The Kier molecular flexibility index (Phi) is 6.16. The number of carbonyl (C=O) groups excluding carboxylic acids is 1. The Morgan fingerprint density at radius 3 is 2.58 bits per heavy atom. The second-order valence-electron chi connectivity index (χ2n) is 6.74. The first kappa shape index (κ1) is 18.1. The van der Waals surface area contributed by atoms with Crippen LogP contribution in [-0.4, -0.2) is 68.7 Å². The molecule has 1 N–H and O–H groups in total. The number of nitrogens with zero attached hydrogens (tertiary/aromatic N) is 2. The van der Waals surface area contributed by atoms with Gasteiger partial charge in [-0.25, -0.2) is 0 Å². The van der Waals surface area contributed by atoms with Crippen molar-refractivity contribution >= 4 is 28.8 Å². The van der Waals surface area contributed by atoms with Crippen LogP contribution in [0, 0.1) is 5.41 Å². The van der Waals surface area contributed by atoms with Crippen LogP contribution in [0.5, 0.6) is 0 Å². The second kappa shape index (κ2) is 8.15. The predicted octanol–water partition coefficient (Wildman–Crippen LogP) is 2.06. The maximum atomic E-state index is 13.1. The molecule has 1 aromatic heterocycles. The molecule has 1 aromatic rings. The summed E-state index contributed by atoms with van der Waals surface area (Å²) in [7, 11) is 1.70. The Morgan fingerprint density at radius 2 is 2.00 bits per heavy atom. The summed E-state index contributed by atoms with van der Waals surface area (Å²) in [4.78, 5) is 18.8. The third-order valence-electron chi connectivity index (χ3n) is 5.10. The molecule has 0 aromatic carbocycles. The van der Waals surface area contributed by atoms with Crippen molar-refractivity contribution in [1.29, 1.82) is 0 Å². The van der Waals surface area contributed by atoms with Gasteiger partial charge in [-0.15, -0.1) is 11.3 Å². The number of amides is 1. The molecule has 2 aliphatic rings. The van der Waals surface area contributed by atoms with Crippen LogP contribution in [0.25, 0.3) is 0 Å². The zero-order valence-corrected chi connectivity index (χ0v) is 15.8. The summed E-state index contributed by atoms with van der Waals surface area (Å²) in [6.45, 7) is 6.69. The van der Waals surface area contributed by atoms with Crippen molar-refractivity contribution in [1.82, 2.24) is 15.1 Å². The van der Waals surface area contributed by atoms with Crippen LogP contribution in [-0.2, 0) is 16.1 Å². The normalized spacial score (nSPS) is 21.8. The van der Waals surface area contributed by atoms with E-state index in [4.69, 9.17) is 16.3 Å². The molecule has 2 saturated heterocycles. The monoisotopic (exact) mass is 371 g/mol. The van der Waals surface area contributed by atoms with Crippen LogP contribution in [0.4, 0.5) is 0 Å². The maximum Gasteiger partial charge on any atom is 0.231 e. The molecule has 0 saturated carbocycles. The third-order valence-corrected chi connectivity index (χ3v) is 6.32. The van der Waals surface area contributed by atoms with E-state index in [-0.39, 0.29) is 11.3 Å². The van der Waals surface area contributed by atoms with Gasteiger partial charge in [-0.05, 0) is 38.1 Å². The predicted molar refractivity (Wildman–Crippen MR) is 97.6 cm³/mol. The van der Waals surface area contributed by atoms with Gasteiger partial charge in [-0.3, -0.25) is 9.69 Å². The highest BCUT2D eigenvalue weighted by atomic mass is 35.5. The van der Waals surface area contributed by atoms with E-state index < -0.39 is 0 Å². The number of ether oxygens (including phenoxy) is 1. The molecule has 2 aliphatic heterocycles. The Morgan fingerprint density at radius 1 is 1.29 bits per heavy atom. The number of thiophene rings is 1. The van der Waals surface area contributed by atoms with Crippen molar-refractivity contribution in [2.45, 2.75) is 19.4 Å². The van der Waals surface area contributed by atoms with E-state index >= 15 is 0 Å². The number of carbonyl (C=O) groups is 1. The van der Waals surface area contributed by atoms with E-state index in [9.17, 15) is 4.79 Å². The number of methoxy groups -OCH3 is 1. The van der Waals surface area contributed by atoms with Crippen LogP contribution in [0.15, 0.2) is 12.1 Å². The molecule has 3 heterocycles. The van der Waals surface area contributed by atoms with Gasteiger partial charge < -0.3 is 15.0 Å². The van der Waals surface area contributed by atoms with Gasteiger partial charge in [-0.2, -0.15) is 0 Å². The number of hydrogen-bond donors (Lipinski definition) is 1. The zero-order chi connectivity index (χ0) is 17.0. The molecular weight excluding hydrogens is 346 g/mol. The summed E-state index contributed by atoms with van der Waals surface area (Å²) in [6, 6.07) is 4.04. The van der Waals surface area contributed by atoms with Gasteiger partial charge in [0.25, 0.3) is 0 Å². The van der Waals surface area contributed by atoms with Crippen LogP contribution >= 0.6 is 22.9 Å². The summed E-state index contributed by atoms with van der Waals surface area (Å²) < 4.78 is 6.24. The number of piperidine rings is 1. The first-order valence-electron chi connectivity index (χ1n) is 8.59. The molecule has 134 valence electrons. The molecule has 0 bridgehead atoms. The summed E-state index contributed by atoms with van der Waals surface area (Å²) in [5.74, 6) is 0.282. The molecule has 1 amide bonds. The largest absolute Gasteiger partial charge is 0.384 e. The maximum absolute atomic E-state index is 13.1. The third kappa shape index (κ3) is 4.11. The fourth-order valence-electron chi connectivity index (χ4n) is 3.70. The lowest BCUT2D eigenvalue weighted by molar-refractivity contribution is -0.149. The molecule has 2 fully saturated rings. The standard InChI is InChI=1S/C17H26ClN3O2S/c1-23-13-17(4-6-19-7-5-17)16(22)21-10-8-20(9-11-21)12-14-2-3-15(18)24-14/h2-3,19H,4-13H2,1H3. The average Bonchev–Trinajstić information content (AvgIpc) is 3.01. The summed E-state index contributed by atoms with van der Waals surface area (Å²) in [5.41, 5.74) is -0.330. The van der Waals surface area contributed by atoms with Crippen molar-refractivity contribution in [3.8, 4) is 0 Å². The van der Waals surface area contributed by atoms with Crippen molar-refractivity contribution in [3.05, 3.63) is 21.3 Å². The number of nitrogens with one attached hydrogen (secondary N) is 1. The molecule has 0 radical (unpaired) electrons. The van der Waals surface area contributed by atoms with Crippen molar-refractivity contribution < 1.29 is 9.53 Å². The minimum atomic E-state index is -0.330. The Balaban J connectivity index is 1.55. The van der Waals surface area contributed by atoms with E-state index in [1.807, 2.05) is 11.0 Å². The smallest absolute Gasteiger partial charge is 0.231 e. The van der Waals surface area contributed by atoms with Crippen molar-refractivity contribution in [2.75, 3.05) is 53.0 Å². The van der Waals surface area contributed by atoms with E-state index in [0.717, 1.165) is 63.0 Å². The molecule has 24 heavy (non-hydrogen) atoms. The lowest BCUT2D eigenvalue weighted by Crippen LogP contribution is -2.56. The van der Waals surface area contributed by atoms with Crippen LogP contribution in [0.2, 0.25) is 4.34 Å². The van der Waals surface area contributed by atoms with Crippen LogP contribution in [0.3, 0.4) is 0 Å². The Bertz CT molecular complexity index is 546. The lowest BCUT2D eigenvalue weighted by Gasteiger charge is -2.42. The molecular formula is C17H26ClN3O2S. The molecule has 0 atom stereocenters. The minimum absolute atomic E-state index is 0.282. The van der Waals surface area contributed by atoms with E-state index in [2.05, 4.69) is 16.3 Å². The fourth-order valence-corrected chi connectivity index (χ4v) is 4.83. The van der Waals surface area contributed by atoms with Crippen LogP contribution < -0.4 is 5.32 Å². The molecule has 7 heteroatoms. The van der Waals surface area contributed by atoms with Crippen molar-refractivity contribution in [3.63, 3.8) is 0 Å². The van der Waals surface area contributed by atoms with Gasteiger partial charge >= 0.3 is 0 Å². The van der Waals surface area contributed by atoms with Gasteiger partial charge in [0.15, 0.2) is 0 Å². The first-order chi connectivity index (χ1) is 11.6. The SMILES string of the molecule is COCC1(C(=O)N2CCN(Cc3ccc(Cl)s3)CC2)CCNCC1. The molecule has 0 unspecified atom stereocenters. The second-order valence-corrected chi connectivity index (χ2v) is 8.54. The van der Waals surface area contributed by atoms with Gasteiger partial charge in [-0.1, -0.05) is 11.6 Å². The minimum Gasteiger partial charge on any atom is -0.384 e. The Labute approximate surface area is 152 Å². The Hall–Kier alpha value is -0.660. The summed E-state index contributed by atoms with van der Waals surface area (Å²) >= 11 is 7.64.